The summed E-state index contributed by atoms with van der Waals surface area (Å²) in [4.78, 5) is 17.8. The number of benzene rings is 1. The number of hydrogen-bond donors (Lipinski definition) is 2. The first-order chi connectivity index (χ1) is 10.0. The van der Waals surface area contributed by atoms with E-state index in [0.717, 1.165) is 23.0 Å². The minimum absolute atomic E-state index is 0.00679. The van der Waals surface area contributed by atoms with E-state index < -0.39 is 0 Å². The topological polar surface area (TPSA) is 48.1 Å². The monoisotopic (exact) mass is 287 g/mol. The second kappa shape index (κ2) is 6.76. The Bertz CT molecular complexity index is 593. The maximum atomic E-state index is 12.3. The van der Waals surface area contributed by atoms with Crippen molar-refractivity contribution < 1.29 is 4.79 Å². The predicted molar refractivity (Wildman–Crippen MR) is 87.6 cm³/mol. The highest BCUT2D eigenvalue weighted by atomic mass is 16.1. The zero-order chi connectivity index (χ0) is 15.4. The van der Waals surface area contributed by atoms with Gasteiger partial charge < -0.3 is 10.3 Å². The Morgan fingerprint density at radius 2 is 1.90 bits per heavy atom. The number of carbonyl (C=O) groups excluding carboxylic acids is 1. The Morgan fingerprint density at radius 1 is 1.19 bits per heavy atom. The number of aromatic nitrogens is 1. The van der Waals surface area contributed by atoms with E-state index in [1.165, 1.54) is 0 Å². The zero-order valence-corrected chi connectivity index (χ0v) is 13.3. The van der Waals surface area contributed by atoms with Crippen molar-refractivity contribution in [3.05, 3.63) is 36.0 Å². The van der Waals surface area contributed by atoms with Crippen LogP contribution in [0.2, 0.25) is 0 Å². The van der Waals surface area contributed by atoms with Crippen molar-refractivity contribution in [1.29, 1.82) is 0 Å². The molecule has 4 heteroatoms. The SMILES string of the molecule is CC(C)N(CCNC(=O)c1cccc2[nH]ccc12)C(C)C. The van der Waals surface area contributed by atoms with Crippen LogP contribution in [0.1, 0.15) is 38.1 Å². The van der Waals surface area contributed by atoms with Crippen LogP contribution in [0.5, 0.6) is 0 Å². The van der Waals surface area contributed by atoms with Crippen molar-refractivity contribution in [1.82, 2.24) is 15.2 Å². The standard InChI is InChI=1S/C17H25N3O/c1-12(2)20(13(3)4)11-10-19-17(21)15-6-5-7-16-14(15)8-9-18-16/h5-9,12-13,18H,10-11H2,1-4H3,(H,19,21). The van der Waals surface area contributed by atoms with Gasteiger partial charge in [-0.25, -0.2) is 0 Å². The highest BCUT2D eigenvalue weighted by molar-refractivity contribution is 6.06. The van der Waals surface area contributed by atoms with E-state index in [4.69, 9.17) is 0 Å². The summed E-state index contributed by atoms with van der Waals surface area (Å²) in [5.74, 6) is -0.00679. The van der Waals surface area contributed by atoms with Gasteiger partial charge in [0.15, 0.2) is 0 Å². The molecule has 0 atom stereocenters. The van der Waals surface area contributed by atoms with Crippen molar-refractivity contribution in [3.8, 4) is 0 Å². The van der Waals surface area contributed by atoms with Crippen molar-refractivity contribution in [2.24, 2.45) is 0 Å². The third kappa shape index (κ3) is 3.64. The molecule has 1 amide bonds. The molecule has 1 aromatic heterocycles. The fourth-order valence-corrected chi connectivity index (χ4v) is 2.79. The van der Waals surface area contributed by atoms with E-state index in [0.29, 0.717) is 18.6 Å². The van der Waals surface area contributed by atoms with Gasteiger partial charge in [0, 0.05) is 47.8 Å². The molecule has 0 radical (unpaired) electrons. The zero-order valence-electron chi connectivity index (χ0n) is 13.3. The van der Waals surface area contributed by atoms with E-state index in [-0.39, 0.29) is 5.91 Å². The maximum Gasteiger partial charge on any atom is 0.252 e. The van der Waals surface area contributed by atoms with Gasteiger partial charge in [0.2, 0.25) is 0 Å². The van der Waals surface area contributed by atoms with Crippen LogP contribution in [-0.2, 0) is 0 Å². The molecule has 0 aliphatic rings. The molecule has 0 unspecified atom stereocenters. The summed E-state index contributed by atoms with van der Waals surface area (Å²) in [5, 5.41) is 4.00. The molecule has 0 aliphatic heterocycles. The minimum Gasteiger partial charge on any atom is -0.361 e. The molecule has 21 heavy (non-hydrogen) atoms. The van der Waals surface area contributed by atoms with Crippen LogP contribution < -0.4 is 5.32 Å². The first kappa shape index (κ1) is 15.6. The van der Waals surface area contributed by atoms with E-state index in [1.807, 2.05) is 30.5 Å². The second-order valence-corrected chi connectivity index (χ2v) is 5.93. The number of rotatable bonds is 6. The Balaban J connectivity index is 1.98. The number of H-pyrrole nitrogens is 1. The average molecular weight is 287 g/mol. The molecule has 114 valence electrons. The third-order valence-corrected chi connectivity index (χ3v) is 3.82. The van der Waals surface area contributed by atoms with Gasteiger partial charge in [-0.1, -0.05) is 6.07 Å². The molecule has 0 saturated heterocycles. The molecule has 0 aliphatic carbocycles. The highest BCUT2D eigenvalue weighted by Crippen LogP contribution is 2.17. The summed E-state index contributed by atoms with van der Waals surface area (Å²) >= 11 is 0. The quantitative estimate of drug-likeness (QED) is 0.858. The first-order valence-electron chi connectivity index (χ1n) is 7.60. The number of nitrogens with zero attached hydrogens (tertiary/aromatic N) is 1. The fraction of sp³-hybridized carbons (Fsp3) is 0.471. The molecular formula is C17H25N3O. The molecular weight excluding hydrogens is 262 g/mol. The predicted octanol–water partition coefficient (Wildman–Crippen LogP) is 3.02. The second-order valence-electron chi connectivity index (χ2n) is 5.93. The van der Waals surface area contributed by atoms with Gasteiger partial charge in [0.25, 0.3) is 5.91 Å². The van der Waals surface area contributed by atoms with Crippen molar-refractivity contribution in [2.45, 2.75) is 39.8 Å². The van der Waals surface area contributed by atoms with Gasteiger partial charge >= 0.3 is 0 Å². The van der Waals surface area contributed by atoms with Gasteiger partial charge in [0.05, 0.1) is 0 Å². The normalized spacial score (nSPS) is 11.8. The lowest BCUT2D eigenvalue weighted by Crippen LogP contribution is -2.42. The highest BCUT2D eigenvalue weighted by Gasteiger charge is 2.14. The molecule has 0 saturated carbocycles. The van der Waals surface area contributed by atoms with Crippen LogP contribution in [0.25, 0.3) is 10.9 Å². The number of aromatic amines is 1. The third-order valence-electron chi connectivity index (χ3n) is 3.82. The molecule has 2 N–H and O–H groups in total. The molecule has 2 aromatic rings. The van der Waals surface area contributed by atoms with Gasteiger partial charge in [-0.15, -0.1) is 0 Å². The van der Waals surface area contributed by atoms with Crippen LogP contribution in [0.3, 0.4) is 0 Å². The lowest BCUT2D eigenvalue weighted by Gasteiger charge is -2.30. The smallest absolute Gasteiger partial charge is 0.252 e. The molecule has 2 rings (SSSR count). The van der Waals surface area contributed by atoms with Crippen molar-refractivity contribution in [2.75, 3.05) is 13.1 Å². The molecule has 0 spiro atoms. The number of amides is 1. The summed E-state index contributed by atoms with van der Waals surface area (Å²) in [6.07, 6.45) is 1.86. The average Bonchev–Trinajstić information content (AvgIpc) is 2.90. The van der Waals surface area contributed by atoms with Crippen LogP contribution >= 0.6 is 0 Å². The van der Waals surface area contributed by atoms with Gasteiger partial charge in [-0.2, -0.15) is 0 Å². The summed E-state index contributed by atoms with van der Waals surface area (Å²) in [7, 11) is 0. The van der Waals surface area contributed by atoms with Gasteiger partial charge in [-0.3, -0.25) is 9.69 Å². The first-order valence-corrected chi connectivity index (χ1v) is 7.60. The number of nitrogens with one attached hydrogen (secondary N) is 2. The maximum absolute atomic E-state index is 12.3. The minimum atomic E-state index is -0.00679. The molecule has 1 heterocycles. The Kier molecular flexibility index (Phi) is 5.02. The number of hydrogen-bond acceptors (Lipinski definition) is 2. The Labute approximate surface area is 126 Å². The summed E-state index contributed by atoms with van der Waals surface area (Å²) < 4.78 is 0. The summed E-state index contributed by atoms with van der Waals surface area (Å²) in [5.41, 5.74) is 1.73. The molecule has 0 fully saturated rings. The Hall–Kier alpha value is -1.81. The lowest BCUT2D eigenvalue weighted by molar-refractivity contribution is 0.0941. The number of fused-ring (bicyclic) bond motifs is 1. The van der Waals surface area contributed by atoms with Crippen LogP contribution in [0.4, 0.5) is 0 Å². The van der Waals surface area contributed by atoms with Gasteiger partial charge in [-0.05, 0) is 45.9 Å². The van der Waals surface area contributed by atoms with E-state index in [1.54, 1.807) is 0 Å². The lowest BCUT2D eigenvalue weighted by atomic mass is 10.1. The van der Waals surface area contributed by atoms with E-state index >= 15 is 0 Å². The molecule has 4 nitrogen and oxygen atoms in total. The summed E-state index contributed by atoms with van der Waals surface area (Å²) in [6, 6.07) is 8.66. The summed E-state index contributed by atoms with van der Waals surface area (Å²) in [6.45, 7) is 10.3. The molecule has 0 bridgehead atoms. The largest absolute Gasteiger partial charge is 0.361 e. The van der Waals surface area contributed by atoms with Gasteiger partial charge in [0.1, 0.15) is 0 Å². The van der Waals surface area contributed by atoms with E-state index in [9.17, 15) is 4.79 Å². The van der Waals surface area contributed by atoms with Crippen LogP contribution in [0, 0.1) is 0 Å². The molecule has 1 aromatic carbocycles. The van der Waals surface area contributed by atoms with Crippen LogP contribution in [0.15, 0.2) is 30.5 Å². The fourth-order valence-electron chi connectivity index (χ4n) is 2.79. The number of carbonyl (C=O) groups is 1. The van der Waals surface area contributed by atoms with Crippen molar-refractivity contribution >= 4 is 16.8 Å². The van der Waals surface area contributed by atoms with Crippen LogP contribution in [-0.4, -0.2) is 41.0 Å². The van der Waals surface area contributed by atoms with E-state index in [2.05, 4.69) is 42.9 Å². The Morgan fingerprint density at radius 3 is 2.57 bits per heavy atom. The van der Waals surface area contributed by atoms with Crippen molar-refractivity contribution in [3.63, 3.8) is 0 Å².